The molecule has 0 saturated carbocycles. The maximum absolute atomic E-state index is 10.6. The van der Waals surface area contributed by atoms with Gasteiger partial charge in [-0.15, -0.1) is 0 Å². The fraction of sp³-hybridized carbons (Fsp3) is 0.400. The van der Waals surface area contributed by atoms with Crippen molar-refractivity contribution in [3.63, 3.8) is 0 Å². The van der Waals surface area contributed by atoms with Crippen LogP contribution in [0.4, 0.5) is 0 Å². The van der Waals surface area contributed by atoms with Crippen LogP contribution in [0.5, 0.6) is 0 Å². The van der Waals surface area contributed by atoms with Gasteiger partial charge in [0.15, 0.2) is 0 Å². The average Bonchev–Trinajstić information content (AvgIpc) is 2.91. The second-order valence-electron chi connectivity index (χ2n) is 4.94. The maximum atomic E-state index is 10.6. The number of nitrogens with zero attached hydrogens (tertiary/aromatic N) is 2. The van der Waals surface area contributed by atoms with Crippen LogP contribution in [0.1, 0.15) is 25.3 Å². The number of hydrogen-bond donors (Lipinski definition) is 1. The Bertz CT molecular complexity index is 495. The second kappa shape index (κ2) is 6.22. The lowest BCUT2D eigenvalue weighted by molar-refractivity contribution is 0.0107. The third-order valence-electron chi connectivity index (χ3n) is 3.49. The summed E-state index contributed by atoms with van der Waals surface area (Å²) < 4.78 is 1.92. The first-order chi connectivity index (χ1) is 9.11. The highest BCUT2D eigenvalue weighted by atomic mass is 35.5. The Balaban J connectivity index is 1.96. The normalized spacial score (nSPS) is 14.3. The molecule has 1 unspecified atom stereocenters. The minimum Gasteiger partial charge on any atom is -0.388 e. The van der Waals surface area contributed by atoms with E-state index in [1.165, 1.54) is 5.56 Å². The van der Waals surface area contributed by atoms with Gasteiger partial charge in [-0.05, 0) is 37.0 Å². The number of halogens is 1. The largest absolute Gasteiger partial charge is 0.388 e. The van der Waals surface area contributed by atoms with Gasteiger partial charge in [-0.1, -0.05) is 30.7 Å². The Hall–Kier alpha value is -1.32. The van der Waals surface area contributed by atoms with E-state index in [2.05, 4.69) is 4.98 Å². The molecule has 0 fully saturated rings. The molecular weight excluding hydrogens is 260 g/mol. The Morgan fingerprint density at radius 2 is 2.05 bits per heavy atom. The summed E-state index contributed by atoms with van der Waals surface area (Å²) in [5.41, 5.74) is 0.502. The maximum Gasteiger partial charge on any atom is 0.0946 e. The van der Waals surface area contributed by atoms with Gasteiger partial charge in [0.2, 0.25) is 0 Å². The number of hydrogen-bond acceptors (Lipinski definition) is 2. The Kier molecular flexibility index (Phi) is 4.61. The molecule has 19 heavy (non-hydrogen) atoms. The van der Waals surface area contributed by atoms with Crippen molar-refractivity contribution in [2.75, 3.05) is 0 Å². The number of aliphatic hydroxyl groups is 1. The van der Waals surface area contributed by atoms with Crippen molar-refractivity contribution >= 4 is 11.6 Å². The van der Waals surface area contributed by atoms with Crippen LogP contribution in [-0.4, -0.2) is 20.3 Å². The quantitative estimate of drug-likeness (QED) is 0.880. The molecule has 0 spiro atoms. The van der Waals surface area contributed by atoms with Gasteiger partial charge >= 0.3 is 0 Å². The molecule has 0 bridgehead atoms. The second-order valence-corrected chi connectivity index (χ2v) is 5.38. The molecule has 0 aliphatic heterocycles. The summed E-state index contributed by atoms with van der Waals surface area (Å²) >= 11 is 5.86. The van der Waals surface area contributed by atoms with Gasteiger partial charge in [0.1, 0.15) is 0 Å². The van der Waals surface area contributed by atoms with E-state index < -0.39 is 5.60 Å². The molecule has 0 aliphatic carbocycles. The smallest absolute Gasteiger partial charge is 0.0946 e. The summed E-state index contributed by atoms with van der Waals surface area (Å²) in [4.78, 5) is 4.01. The Labute approximate surface area is 118 Å². The molecular formula is C15H19ClN2O. The Morgan fingerprint density at radius 3 is 2.63 bits per heavy atom. The third kappa shape index (κ3) is 4.08. The summed E-state index contributed by atoms with van der Waals surface area (Å²) in [6.45, 7) is 2.59. The van der Waals surface area contributed by atoms with Crippen molar-refractivity contribution in [3.05, 3.63) is 53.6 Å². The van der Waals surface area contributed by atoms with Crippen LogP contribution in [0.25, 0.3) is 0 Å². The van der Waals surface area contributed by atoms with E-state index in [0.29, 0.717) is 6.54 Å². The molecule has 1 N–H and O–H groups in total. The number of aromatic nitrogens is 2. The highest BCUT2D eigenvalue weighted by molar-refractivity contribution is 6.30. The molecule has 2 rings (SSSR count). The molecule has 1 heterocycles. The van der Waals surface area contributed by atoms with Crippen molar-refractivity contribution in [1.82, 2.24) is 9.55 Å². The highest BCUT2D eigenvalue weighted by Crippen LogP contribution is 2.21. The van der Waals surface area contributed by atoms with Gasteiger partial charge in [0.05, 0.1) is 18.5 Å². The van der Waals surface area contributed by atoms with Crippen molar-refractivity contribution < 1.29 is 5.11 Å². The number of aryl methyl sites for hydroxylation is 1. The number of imidazole rings is 1. The molecule has 1 atom stereocenters. The van der Waals surface area contributed by atoms with E-state index in [-0.39, 0.29) is 0 Å². The van der Waals surface area contributed by atoms with Crippen LogP contribution in [0.15, 0.2) is 43.0 Å². The fourth-order valence-electron chi connectivity index (χ4n) is 2.12. The molecule has 0 aliphatic rings. The molecule has 0 saturated heterocycles. The predicted octanol–water partition coefficient (Wildman–Crippen LogP) is 3.31. The standard InChI is InChI=1S/C15H19ClN2O/c1-2-15(19,11-18-10-9-17-12-18)8-7-13-3-5-14(16)6-4-13/h3-6,9-10,12,19H,2,7-8,11H2,1H3. The van der Waals surface area contributed by atoms with E-state index in [1.807, 2.05) is 42.0 Å². The first-order valence-electron chi connectivity index (χ1n) is 6.54. The Morgan fingerprint density at radius 1 is 1.32 bits per heavy atom. The van der Waals surface area contributed by atoms with E-state index in [1.54, 1.807) is 12.5 Å². The van der Waals surface area contributed by atoms with Gasteiger partial charge in [0, 0.05) is 17.4 Å². The van der Waals surface area contributed by atoms with Gasteiger partial charge in [0.25, 0.3) is 0 Å². The monoisotopic (exact) mass is 278 g/mol. The van der Waals surface area contributed by atoms with Crippen LogP contribution in [-0.2, 0) is 13.0 Å². The topological polar surface area (TPSA) is 38.0 Å². The first kappa shape index (κ1) is 14.1. The van der Waals surface area contributed by atoms with Crippen LogP contribution in [0.3, 0.4) is 0 Å². The van der Waals surface area contributed by atoms with E-state index >= 15 is 0 Å². The molecule has 1 aromatic carbocycles. The summed E-state index contributed by atoms with van der Waals surface area (Å²) in [5.74, 6) is 0. The molecule has 0 radical (unpaired) electrons. The molecule has 1 aromatic heterocycles. The van der Waals surface area contributed by atoms with Crippen molar-refractivity contribution in [3.8, 4) is 0 Å². The zero-order chi connectivity index (χ0) is 13.7. The van der Waals surface area contributed by atoms with Crippen molar-refractivity contribution in [1.29, 1.82) is 0 Å². The van der Waals surface area contributed by atoms with Crippen molar-refractivity contribution in [2.24, 2.45) is 0 Å². The van der Waals surface area contributed by atoms with E-state index in [9.17, 15) is 5.11 Å². The molecule has 0 amide bonds. The highest BCUT2D eigenvalue weighted by Gasteiger charge is 2.24. The van der Waals surface area contributed by atoms with E-state index in [0.717, 1.165) is 24.3 Å². The van der Waals surface area contributed by atoms with Gasteiger partial charge in [-0.25, -0.2) is 4.98 Å². The van der Waals surface area contributed by atoms with Crippen LogP contribution in [0, 0.1) is 0 Å². The van der Waals surface area contributed by atoms with Crippen LogP contribution >= 0.6 is 11.6 Å². The number of rotatable bonds is 6. The zero-order valence-corrected chi connectivity index (χ0v) is 11.8. The summed E-state index contributed by atoms with van der Waals surface area (Å²) in [5, 5.41) is 11.4. The van der Waals surface area contributed by atoms with E-state index in [4.69, 9.17) is 11.6 Å². The van der Waals surface area contributed by atoms with Gasteiger partial charge in [-0.2, -0.15) is 0 Å². The summed E-state index contributed by atoms with van der Waals surface area (Å²) in [6.07, 6.45) is 7.64. The predicted molar refractivity (Wildman–Crippen MR) is 77.2 cm³/mol. The SMILES string of the molecule is CCC(O)(CCc1ccc(Cl)cc1)Cn1ccnc1. The zero-order valence-electron chi connectivity index (χ0n) is 11.1. The van der Waals surface area contributed by atoms with Gasteiger partial charge < -0.3 is 9.67 Å². The summed E-state index contributed by atoms with van der Waals surface area (Å²) in [6, 6.07) is 7.79. The minimum atomic E-state index is -0.694. The lowest BCUT2D eigenvalue weighted by Gasteiger charge is -2.27. The molecule has 3 nitrogen and oxygen atoms in total. The first-order valence-corrected chi connectivity index (χ1v) is 6.92. The summed E-state index contributed by atoms with van der Waals surface area (Å²) in [7, 11) is 0. The van der Waals surface area contributed by atoms with Gasteiger partial charge in [-0.3, -0.25) is 0 Å². The third-order valence-corrected chi connectivity index (χ3v) is 3.74. The van der Waals surface area contributed by atoms with Crippen molar-refractivity contribution in [2.45, 2.75) is 38.3 Å². The molecule has 2 aromatic rings. The lowest BCUT2D eigenvalue weighted by Crippen LogP contribution is -2.33. The lowest BCUT2D eigenvalue weighted by atomic mass is 9.92. The number of benzene rings is 1. The molecule has 4 heteroatoms. The minimum absolute atomic E-state index is 0.580. The van der Waals surface area contributed by atoms with Crippen LogP contribution in [0.2, 0.25) is 5.02 Å². The fourth-order valence-corrected chi connectivity index (χ4v) is 2.24. The average molecular weight is 279 g/mol. The molecule has 102 valence electrons. The van der Waals surface area contributed by atoms with Crippen LogP contribution < -0.4 is 0 Å².